The average molecular weight is 515 g/mol. The number of ether oxygens (including phenoxy) is 4. The van der Waals surface area contributed by atoms with Gasteiger partial charge in [0.2, 0.25) is 5.91 Å². The number of pyridine rings is 1. The zero-order chi connectivity index (χ0) is 25.5. The molecule has 3 atom stereocenters. The molecule has 2 aliphatic heterocycles. The number of amides is 1. The van der Waals surface area contributed by atoms with E-state index in [1.165, 1.54) is 10.7 Å². The van der Waals surface area contributed by atoms with E-state index in [2.05, 4.69) is 20.4 Å². The number of nitrogens with zero attached hydrogens (tertiary/aromatic N) is 5. The van der Waals surface area contributed by atoms with Crippen molar-refractivity contribution in [3.05, 3.63) is 30.3 Å². The quantitative estimate of drug-likeness (QED) is 0.459. The summed E-state index contributed by atoms with van der Waals surface area (Å²) in [6.07, 6.45) is 3.76. The summed E-state index contributed by atoms with van der Waals surface area (Å²) in [5, 5.41) is 11.5. The number of rotatable bonds is 9. The molecule has 11 nitrogen and oxygen atoms in total. The van der Waals surface area contributed by atoms with E-state index in [0.717, 1.165) is 19.5 Å². The van der Waals surface area contributed by atoms with Crippen molar-refractivity contribution in [1.82, 2.24) is 24.3 Å². The van der Waals surface area contributed by atoms with Crippen molar-refractivity contribution >= 4 is 17.2 Å². The number of likely N-dealkylation sites (N-methyl/N-ethyl adjacent to an activating group) is 1. The molecule has 0 radical (unpaired) electrons. The molecule has 3 aromatic heterocycles. The molecule has 3 fully saturated rings. The van der Waals surface area contributed by atoms with Crippen molar-refractivity contribution in [3.63, 3.8) is 0 Å². The van der Waals surface area contributed by atoms with Crippen LogP contribution in [0.3, 0.4) is 0 Å². The Morgan fingerprint density at radius 1 is 1.27 bits per heavy atom. The van der Waals surface area contributed by atoms with Gasteiger partial charge >= 0.3 is 0 Å². The van der Waals surface area contributed by atoms with Crippen molar-refractivity contribution in [3.8, 4) is 17.0 Å². The molecule has 3 aromatic rings. The SMILES string of the molecule is CN1CCO[C@@H](COc2cnn(C)c2-c2cc3cc(NC(=O)C4CC4COC4COC4)nn3cc2F)C1. The zero-order valence-electron chi connectivity index (χ0n) is 20.9. The highest BCUT2D eigenvalue weighted by molar-refractivity contribution is 5.94. The van der Waals surface area contributed by atoms with E-state index in [9.17, 15) is 4.79 Å². The Balaban J connectivity index is 1.14. The predicted octanol–water partition coefficient (Wildman–Crippen LogP) is 1.57. The van der Waals surface area contributed by atoms with E-state index in [1.807, 2.05) is 7.05 Å². The fourth-order valence-corrected chi connectivity index (χ4v) is 4.78. The van der Waals surface area contributed by atoms with Gasteiger partial charge in [-0.25, -0.2) is 8.91 Å². The number of hydrogen-bond donors (Lipinski definition) is 1. The largest absolute Gasteiger partial charge is 0.487 e. The van der Waals surface area contributed by atoms with Crippen LogP contribution in [0, 0.1) is 17.7 Å². The summed E-state index contributed by atoms with van der Waals surface area (Å²) < 4.78 is 40.9. The highest BCUT2D eigenvalue weighted by atomic mass is 19.1. The molecule has 1 amide bonds. The van der Waals surface area contributed by atoms with Crippen LogP contribution in [-0.2, 0) is 26.1 Å². The van der Waals surface area contributed by atoms with Gasteiger partial charge in [-0.05, 0) is 25.5 Å². The van der Waals surface area contributed by atoms with Crippen LogP contribution in [0.1, 0.15) is 6.42 Å². The van der Waals surface area contributed by atoms with Gasteiger partial charge in [0.25, 0.3) is 0 Å². The summed E-state index contributed by atoms with van der Waals surface area (Å²) in [6.45, 7) is 4.47. The lowest BCUT2D eigenvalue weighted by Gasteiger charge is -2.29. The first-order chi connectivity index (χ1) is 17.9. The van der Waals surface area contributed by atoms with Crippen LogP contribution >= 0.6 is 0 Å². The van der Waals surface area contributed by atoms with E-state index in [1.54, 1.807) is 30.1 Å². The molecule has 198 valence electrons. The molecule has 1 N–H and O–H groups in total. The fourth-order valence-electron chi connectivity index (χ4n) is 4.78. The predicted molar refractivity (Wildman–Crippen MR) is 131 cm³/mol. The molecule has 0 aromatic carbocycles. The number of fused-ring (bicyclic) bond motifs is 1. The van der Waals surface area contributed by atoms with E-state index < -0.39 is 5.82 Å². The van der Waals surface area contributed by atoms with E-state index in [0.29, 0.717) is 61.4 Å². The minimum atomic E-state index is -0.477. The number of halogens is 1. The minimum absolute atomic E-state index is 0.0648. The van der Waals surface area contributed by atoms with Gasteiger partial charge < -0.3 is 29.2 Å². The third-order valence-corrected chi connectivity index (χ3v) is 7.14. The molecule has 12 heteroatoms. The standard InChI is InChI=1S/C25H31FN6O5/c1-30-3-4-35-17(9-30)14-37-22-8-27-31(2)24(22)20-6-16-7-23(29-32(16)10-21(20)26)28-25(33)19-5-15(19)11-36-18-12-34-13-18/h6-8,10,15,17-19H,3-5,9,11-14H2,1-2H3,(H,28,29,33)/t15?,17-,19?/m1/s1. The van der Waals surface area contributed by atoms with Gasteiger partial charge in [-0.1, -0.05) is 0 Å². The van der Waals surface area contributed by atoms with Crippen LogP contribution in [0.2, 0.25) is 0 Å². The summed E-state index contributed by atoms with van der Waals surface area (Å²) in [7, 11) is 3.79. The minimum Gasteiger partial charge on any atom is -0.487 e. The van der Waals surface area contributed by atoms with Crippen LogP contribution in [0.4, 0.5) is 10.2 Å². The molecule has 1 saturated carbocycles. The molecule has 3 aliphatic rings. The van der Waals surface area contributed by atoms with Gasteiger partial charge in [0.1, 0.15) is 24.5 Å². The van der Waals surface area contributed by atoms with Crippen LogP contribution in [0.15, 0.2) is 24.5 Å². The summed E-state index contributed by atoms with van der Waals surface area (Å²) in [4.78, 5) is 14.9. The Kier molecular flexibility index (Phi) is 6.57. The number of carbonyl (C=O) groups is 1. The molecule has 2 saturated heterocycles. The van der Waals surface area contributed by atoms with Crippen LogP contribution in [0.25, 0.3) is 16.8 Å². The zero-order valence-corrected chi connectivity index (χ0v) is 20.9. The van der Waals surface area contributed by atoms with Gasteiger partial charge in [0, 0.05) is 37.7 Å². The Labute approximate surface area is 213 Å². The highest BCUT2D eigenvalue weighted by Gasteiger charge is 2.44. The molecule has 0 bridgehead atoms. The number of aryl methyl sites for hydroxylation is 1. The monoisotopic (exact) mass is 514 g/mol. The molecule has 37 heavy (non-hydrogen) atoms. The summed E-state index contributed by atoms with van der Waals surface area (Å²) in [5.41, 5.74) is 1.49. The maximum atomic E-state index is 15.2. The van der Waals surface area contributed by atoms with Crippen LogP contribution in [0.5, 0.6) is 5.75 Å². The number of aromatic nitrogens is 4. The van der Waals surface area contributed by atoms with Crippen molar-refractivity contribution in [2.45, 2.75) is 18.6 Å². The first kappa shape index (κ1) is 24.3. The topological polar surface area (TPSA) is 104 Å². The van der Waals surface area contributed by atoms with Gasteiger partial charge in [-0.3, -0.25) is 9.48 Å². The normalized spacial score (nSPS) is 24.2. The highest BCUT2D eigenvalue weighted by Crippen LogP contribution is 2.40. The number of morpholine rings is 1. The Bertz CT molecular complexity index is 1290. The lowest BCUT2D eigenvalue weighted by Crippen LogP contribution is -2.42. The lowest BCUT2D eigenvalue weighted by molar-refractivity contribution is -0.133. The van der Waals surface area contributed by atoms with Gasteiger partial charge in [0.05, 0.1) is 44.3 Å². The first-order valence-electron chi connectivity index (χ1n) is 12.6. The van der Waals surface area contributed by atoms with E-state index in [4.69, 9.17) is 18.9 Å². The summed E-state index contributed by atoms with van der Waals surface area (Å²) in [5.74, 6) is 0.395. The van der Waals surface area contributed by atoms with Crippen molar-refractivity contribution < 1.29 is 28.1 Å². The first-order valence-corrected chi connectivity index (χ1v) is 12.6. The second kappa shape index (κ2) is 10.0. The number of carbonyl (C=O) groups excluding carboxylic acids is 1. The summed E-state index contributed by atoms with van der Waals surface area (Å²) in [6, 6.07) is 3.41. The second-order valence-electron chi connectivity index (χ2n) is 10.1. The maximum absolute atomic E-state index is 15.2. The van der Waals surface area contributed by atoms with Gasteiger partial charge in [0.15, 0.2) is 17.4 Å². The molecule has 0 spiro atoms. The number of hydrogen-bond acceptors (Lipinski definition) is 8. The molecule has 6 rings (SSSR count). The van der Waals surface area contributed by atoms with Crippen molar-refractivity contribution in [2.24, 2.45) is 18.9 Å². The average Bonchev–Trinajstić information content (AvgIpc) is 3.38. The molecular weight excluding hydrogens is 483 g/mol. The van der Waals surface area contributed by atoms with Gasteiger partial charge in [-0.15, -0.1) is 5.10 Å². The fraction of sp³-hybridized carbons (Fsp3) is 0.560. The third kappa shape index (κ3) is 5.19. The third-order valence-electron chi connectivity index (χ3n) is 7.14. The van der Waals surface area contributed by atoms with E-state index >= 15 is 4.39 Å². The molecule has 5 heterocycles. The Morgan fingerprint density at radius 2 is 2.14 bits per heavy atom. The Hall–Kier alpha value is -3.06. The van der Waals surface area contributed by atoms with Gasteiger partial charge in [-0.2, -0.15) is 5.10 Å². The smallest absolute Gasteiger partial charge is 0.229 e. The molecule has 2 unspecified atom stereocenters. The second-order valence-corrected chi connectivity index (χ2v) is 10.1. The van der Waals surface area contributed by atoms with Crippen molar-refractivity contribution in [2.75, 3.05) is 58.5 Å². The number of anilines is 1. The Morgan fingerprint density at radius 3 is 2.92 bits per heavy atom. The van der Waals surface area contributed by atoms with Crippen LogP contribution < -0.4 is 10.1 Å². The van der Waals surface area contributed by atoms with Crippen molar-refractivity contribution in [1.29, 1.82) is 0 Å². The van der Waals surface area contributed by atoms with Crippen LogP contribution in [-0.4, -0.2) is 95.6 Å². The molecular formula is C25H31FN6O5. The molecule has 1 aliphatic carbocycles. The lowest BCUT2D eigenvalue weighted by atomic mass is 10.1. The van der Waals surface area contributed by atoms with E-state index in [-0.39, 0.29) is 30.0 Å². The number of nitrogens with one attached hydrogen (secondary N) is 1. The maximum Gasteiger partial charge on any atom is 0.229 e. The summed E-state index contributed by atoms with van der Waals surface area (Å²) >= 11 is 0.